The molecular formula is C61H121N3O3. The molecule has 0 aromatic rings. The molecule has 0 fully saturated rings. The van der Waals surface area contributed by atoms with Gasteiger partial charge in [-0.3, -0.25) is 14.4 Å². The largest absolute Gasteiger partial charge is 0.356 e. The predicted molar refractivity (Wildman–Crippen MR) is 295 cm³/mol. The van der Waals surface area contributed by atoms with Gasteiger partial charge in [0, 0.05) is 38.9 Å². The molecule has 0 bridgehead atoms. The first-order chi connectivity index (χ1) is 33.0. The Morgan fingerprint density at radius 1 is 0.239 bits per heavy atom. The topological polar surface area (TPSA) is 87.3 Å². The lowest BCUT2D eigenvalue weighted by atomic mass is 9.91. The number of amides is 3. The molecule has 0 saturated carbocycles. The highest BCUT2D eigenvalue weighted by molar-refractivity contribution is 5.76. The van der Waals surface area contributed by atoms with Gasteiger partial charge in [0.2, 0.25) is 17.7 Å². The van der Waals surface area contributed by atoms with E-state index in [2.05, 4.69) is 36.7 Å². The third-order valence-electron chi connectivity index (χ3n) is 14.6. The summed E-state index contributed by atoms with van der Waals surface area (Å²) in [6.07, 6.45) is 63.9. The summed E-state index contributed by atoms with van der Waals surface area (Å²) >= 11 is 0. The average molecular weight is 945 g/mol. The Bertz CT molecular complexity index is 954. The summed E-state index contributed by atoms with van der Waals surface area (Å²) in [6.45, 7) is 9.23. The summed E-state index contributed by atoms with van der Waals surface area (Å²) in [7, 11) is 0. The first kappa shape index (κ1) is 65.4. The van der Waals surface area contributed by atoms with E-state index in [0.29, 0.717) is 25.2 Å². The van der Waals surface area contributed by atoms with Crippen molar-refractivity contribution in [2.75, 3.05) is 19.6 Å². The van der Waals surface area contributed by atoms with E-state index in [-0.39, 0.29) is 17.7 Å². The standard InChI is InChI=1S/C61H121N3O3/c1-4-7-10-13-16-19-22-25-28-31-34-37-40-46-55-62-59(65)50-45-43-44-49-58(51-53-60(66)63-56-47-41-38-35-32-29-26-23-20-17-14-11-8-5-2)52-54-61(67)64-57-48-42-39-36-33-30-27-24-21-18-15-12-9-6-3/h58H,4-57H2,1-3H3,(H,62,65)(H,63,66)(H,64,67). The molecule has 6 nitrogen and oxygen atoms in total. The van der Waals surface area contributed by atoms with Gasteiger partial charge in [0.1, 0.15) is 0 Å². The summed E-state index contributed by atoms with van der Waals surface area (Å²) in [6, 6.07) is 0. The number of carbonyl (C=O) groups is 3. The minimum Gasteiger partial charge on any atom is -0.356 e. The van der Waals surface area contributed by atoms with Crippen molar-refractivity contribution >= 4 is 17.7 Å². The minimum atomic E-state index is 0.164. The number of carbonyl (C=O) groups excluding carboxylic acids is 3. The molecule has 3 amide bonds. The van der Waals surface area contributed by atoms with Crippen LogP contribution in [0.4, 0.5) is 0 Å². The molecule has 0 radical (unpaired) electrons. The molecule has 0 aliphatic heterocycles. The third-order valence-corrected chi connectivity index (χ3v) is 14.6. The molecule has 67 heavy (non-hydrogen) atoms. The van der Waals surface area contributed by atoms with E-state index in [1.165, 1.54) is 250 Å². The fourth-order valence-electron chi connectivity index (χ4n) is 9.91. The molecule has 0 rings (SSSR count). The van der Waals surface area contributed by atoms with Crippen LogP contribution in [-0.2, 0) is 14.4 Å². The average Bonchev–Trinajstić information content (AvgIpc) is 3.33. The fourth-order valence-corrected chi connectivity index (χ4v) is 9.91. The molecule has 6 heteroatoms. The van der Waals surface area contributed by atoms with Crippen molar-refractivity contribution < 1.29 is 14.4 Å². The van der Waals surface area contributed by atoms with E-state index < -0.39 is 0 Å². The van der Waals surface area contributed by atoms with Crippen molar-refractivity contribution in [3.8, 4) is 0 Å². The lowest BCUT2D eigenvalue weighted by Gasteiger charge is -2.17. The monoisotopic (exact) mass is 944 g/mol. The van der Waals surface area contributed by atoms with Gasteiger partial charge in [-0.05, 0) is 44.4 Å². The Balaban J connectivity index is 4.26. The fraction of sp³-hybridized carbons (Fsp3) is 0.951. The quantitative estimate of drug-likeness (QED) is 0.0531. The van der Waals surface area contributed by atoms with Crippen LogP contribution in [0.25, 0.3) is 0 Å². The van der Waals surface area contributed by atoms with Gasteiger partial charge in [0.15, 0.2) is 0 Å². The molecule has 0 aliphatic rings. The van der Waals surface area contributed by atoms with E-state index in [1.807, 2.05) is 0 Å². The highest BCUT2D eigenvalue weighted by Crippen LogP contribution is 2.22. The van der Waals surface area contributed by atoms with Gasteiger partial charge < -0.3 is 16.0 Å². The first-order valence-electron chi connectivity index (χ1n) is 30.8. The molecule has 0 aromatic carbocycles. The molecule has 0 spiro atoms. The maximum Gasteiger partial charge on any atom is 0.220 e. The Morgan fingerprint density at radius 2 is 0.448 bits per heavy atom. The first-order valence-corrected chi connectivity index (χ1v) is 30.8. The van der Waals surface area contributed by atoms with Crippen molar-refractivity contribution in [3.63, 3.8) is 0 Å². The van der Waals surface area contributed by atoms with Gasteiger partial charge in [0.25, 0.3) is 0 Å². The lowest BCUT2D eigenvalue weighted by molar-refractivity contribution is -0.122. The molecule has 0 saturated heterocycles. The van der Waals surface area contributed by atoms with Crippen molar-refractivity contribution in [2.45, 2.75) is 348 Å². The van der Waals surface area contributed by atoms with Crippen molar-refractivity contribution in [1.82, 2.24) is 16.0 Å². The van der Waals surface area contributed by atoms with Crippen LogP contribution in [-0.4, -0.2) is 37.4 Å². The second-order valence-corrected chi connectivity index (χ2v) is 21.4. The molecule has 0 heterocycles. The number of nitrogens with one attached hydrogen (secondary N) is 3. The summed E-state index contributed by atoms with van der Waals surface area (Å²) in [4.78, 5) is 38.2. The summed E-state index contributed by atoms with van der Waals surface area (Å²) in [5.41, 5.74) is 0. The minimum absolute atomic E-state index is 0.164. The van der Waals surface area contributed by atoms with Crippen LogP contribution in [0.5, 0.6) is 0 Å². The third kappa shape index (κ3) is 55.2. The second kappa shape index (κ2) is 57.0. The molecule has 0 aliphatic carbocycles. The van der Waals surface area contributed by atoms with E-state index in [1.54, 1.807) is 0 Å². The van der Waals surface area contributed by atoms with Gasteiger partial charge in [-0.2, -0.15) is 0 Å². The van der Waals surface area contributed by atoms with Gasteiger partial charge in [-0.15, -0.1) is 0 Å². The lowest BCUT2D eigenvalue weighted by Crippen LogP contribution is -2.26. The number of hydrogen-bond donors (Lipinski definition) is 3. The van der Waals surface area contributed by atoms with Crippen molar-refractivity contribution in [3.05, 3.63) is 0 Å². The Hall–Kier alpha value is -1.59. The number of rotatable bonds is 57. The Kier molecular flexibility index (Phi) is 55.6. The second-order valence-electron chi connectivity index (χ2n) is 21.4. The SMILES string of the molecule is CCCCCCCCCCCCCCCCNC(=O)CCCCCC(CCC(=O)NCCCCCCCCCCCCCCCC)CCC(=O)NCCCCCCCCCCCCCCCC. The van der Waals surface area contributed by atoms with E-state index in [0.717, 1.165) is 77.4 Å². The number of unbranched alkanes of at least 4 members (excludes halogenated alkanes) is 41. The zero-order valence-corrected chi connectivity index (χ0v) is 46.0. The van der Waals surface area contributed by atoms with E-state index in [9.17, 15) is 14.4 Å². The summed E-state index contributed by atoms with van der Waals surface area (Å²) in [5.74, 6) is 0.889. The van der Waals surface area contributed by atoms with Crippen molar-refractivity contribution in [1.29, 1.82) is 0 Å². The highest BCUT2D eigenvalue weighted by Gasteiger charge is 2.14. The maximum atomic E-state index is 12.9. The van der Waals surface area contributed by atoms with Crippen LogP contribution in [0.15, 0.2) is 0 Å². The smallest absolute Gasteiger partial charge is 0.220 e. The molecule has 0 atom stereocenters. The van der Waals surface area contributed by atoms with Gasteiger partial charge >= 0.3 is 0 Å². The maximum absolute atomic E-state index is 12.9. The molecular weight excluding hydrogens is 823 g/mol. The van der Waals surface area contributed by atoms with Crippen LogP contribution >= 0.6 is 0 Å². The summed E-state index contributed by atoms with van der Waals surface area (Å²) in [5, 5.41) is 9.54. The van der Waals surface area contributed by atoms with Crippen LogP contribution in [0.3, 0.4) is 0 Å². The predicted octanol–water partition coefficient (Wildman–Crippen LogP) is 18.9. The van der Waals surface area contributed by atoms with Crippen molar-refractivity contribution in [2.24, 2.45) is 5.92 Å². The molecule has 0 aromatic heterocycles. The Morgan fingerprint density at radius 3 is 0.701 bits per heavy atom. The normalized spacial score (nSPS) is 11.5. The zero-order valence-electron chi connectivity index (χ0n) is 46.0. The Labute approximate surface area is 420 Å². The van der Waals surface area contributed by atoms with Gasteiger partial charge in [0.05, 0.1) is 0 Å². The highest BCUT2D eigenvalue weighted by atomic mass is 16.2. The van der Waals surface area contributed by atoms with Crippen LogP contribution < -0.4 is 16.0 Å². The van der Waals surface area contributed by atoms with Crippen LogP contribution in [0.1, 0.15) is 348 Å². The van der Waals surface area contributed by atoms with E-state index in [4.69, 9.17) is 0 Å². The molecule has 3 N–H and O–H groups in total. The molecule has 398 valence electrons. The zero-order chi connectivity index (χ0) is 48.6. The van der Waals surface area contributed by atoms with E-state index >= 15 is 0 Å². The van der Waals surface area contributed by atoms with Crippen LogP contribution in [0, 0.1) is 5.92 Å². The van der Waals surface area contributed by atoms with Gasteiger partial charge in [-0.25, -0.2) is 0 Å². The number of hydrogen-bond acceptors (Lipinski definition) is 3. The van der Waals surface area contributed by atoms with Gasteiger partial charge in [-0.1, -0.05) is 290 Å². The van der Waals surface area contributed by atoms with Crippen LogP contribution in [0.2, 0.25) is 0 Å². The summed E-state index contributed by atoms with van der Waals surface area (Å²) < 4.78 is 0. The molecule has 0 unspecified atom stereocenters.